The normalized spacial score (nSPS) is 11.8. The monoisotopic (exact) mass is 367 g/mol. The van der Waals surface area contributed by atoms with Gasteiger partial charge in [0.05, 0.1) is 4.90 Å². The second-order valence-corrected chi connectivity index (χ2v) is 8.27. The lowest BCUT2D eigenvalue weighted by atomic mass is 10.1. The maximum Gasteiger partial charge on any atom is 0.267 e. The van der Waals surface area contributed by atoms with Gasteiger partial charge in [-0.1, -0.05) is 17.7 Å². The van der Waals surface area contributed by atoms with E-state index in [-0.39, 0.29) is 4.90 Å². The van der Waals surface area contributed by atoms with E-state index in [9.17, 15) is 13.2 Å². The number of anilines is 1. The number of hydrogen-bond acceptors (Lipinski definition) is 4. The molecule has 0 aliphatic rings. The van der Waals surface area contributed by atoms with Crippen molar-refractivity contribution >= 4 is 33.0 Å². The van der Waals surface area contributed by atoms with Crippen molar-refractivity contribution in [2.75, 3.05) is 11.6 Å². The molecule has 0 unspecified atom stereocenters. The van der Waals surface area contributed by atoms with Crippen molar-refractivity contribution < 1.29 is 17.9 Å². The molecule has 5 nitrogen and oxygen atoms in total. The molecule has 0 atom stereocenters. The van der Waals surface area contributed by atoms with Crippen LogP contribution in [0.1, 0.15) is 13.8 Å². The molecule has 0 fully saturated rings. The lowest BCUT2D eigenvalue weighted by Gasteiger charge is -2.25. The first-order valence-electron chi connectivity index (χ1n) is 7.14. The molecule has 7 heteroatoms. The average Bonchev–Trinajstić information content (AvgIpc) is 2.49. The van der Waals surface area contributed by atoms with E-state index in [0.29, 0.717) is 16.5 Å². The van der Waals surface area contributed by atoms with Crippen LogP contribution in [0.3, 0.4) is 0 Å². The molecule has 0 aliphatic carbocycles. The Morgan fingerprint density at radius 1 is 1.12 bits per heavy atom. The predicted molar refractivity (Wildman–Crippen MR) is 94.3 cm³/mol. The summed E-state index contributed by atoms with van der Waals surface area (Å²) in [5.41, 5.74) is -0.773. The van der Waals surface area contributed by atoms with Gasteiger partial charge in [0.25, 0.3) is 5.91 Å². The Balaban J connectivity index is 2.14. The smallest absolute Gasteiger partial charge is 0.267 e. The largest absolute Gasteiger partial charge is 0.478 e. The van der Waals surface area contributed by atoms with Crippen LogP contribution in [0, 0.1) is 0 Å². The topological polar surface area (TPSA) is 72.5 Å². The summed E-state index contributed by atoms with van der Waals surface area (Å²) in [4.78, 5) is 12.6. The van der Waals surface area contributed by atoms with Crippen LogP contribution in [-0.2, 0) is 14.6 Å². The van der Waals surface area contributed by atoms with Gasteiger partial charge in [-0.05, 0) is 56.3 Å². The van der Waals surface area contributed by atoms with Crippen LogP contribution < -0.4 is 10.1 Å². The first-order chi connectivity index (χ1) is 11.1. The molecule has 0 radical (unpaired) electrons. The number of nitrogens with one attached hydrogen (secondary N) is 1. The second kappa shape index (κ2) is 6.83. The number of carbonyl (C=O) groups is 1. The summed E-state index contributed by atoms with van der Waals surface area (Å²) < 4.78 is 28.9. The quantitative estimate of drug-likeness (QED) is 0.877. The molecule has 2 aromatic rings. The van der Waals surface area contributed by atoms with E-state index in [1.165, 1.54) is 12.1 Å². The SMILES string of the molecule is CC(C)(Oc1ccc(Cl)cc1)C(=O)Nc1cccc(S(C)(=O)=O)c1. The first-order valence-corrected chi connectivity index (χ1v) is 9.41. The highest BCUT2D eigenvalue weighted by Gasteiger charge is 2.30. The summed E-state index contributed by atoms with van der Waals surface area (Å²) in [5.74, 6) is 0.104. The van der Waals surface area contributed by atoms with Crippen LogP contribution >= 0.6 is 11.6 Å². The predicted octanol–water partition coefficient (Wildman–Crippen LogP) is 3.54. The highest BCUT2D eigenvalue weighted by Crippen LogP contribution is 2.23. The Kier molecular flexibility index (Phi) is 5.20. The zero-order valence-corrected chi connectivity index (χ0v) is 15.1. The van der Waals surface area contributed by atoms with E-state index in [1.807, 2.05) is 0 Å². The number of amides is 1. The minimum Gasteiger partial charge on any atom is -0.478 e. The van der Waals surface area contributed by atoms with Gasteiger partial charge in [-0.15, -0.1) is 0 Å². The highest BCUT2D eigenvalue weighted by molar-refractivity contribution is 7.90. The summed E-state index contributed by atoms with van der Waals surface area (Å²) in [6, 6.07) is 12.7. The molecule has 2 rings (SSSR count). The standard InChI is InChI=1S/C17H18ClNO4S/c1-17(2,23-14-9-7-12(18)8-10-14)16(20)19-13-5-4-6-15(11-13)24(3,21)22/h4-11H,1-3H3,(H,19,20). The van der Waals surface area contributed by atoms with Gasteiger partial charge in [0.2, 0.25) is 0 Å². The van der Waals surface area contributed by atoms with Crippen LogP contribution in [0.4, 0.5) is 5.69 Å². The zero-order chi connectivity index (χ0) is 18.0. The third kappa shape index (κ3) is 4.72. The Hall–Kier alpha value is -2.05. The van der Waals surface area contributed by atoms with Crippen LogP contribution in [0.15, 0.2) is 53.4 Å². The molecule has 0 saturated heterocycles. The Bertz CT molecular complexity index is 845. The number of carbonyl (C=O) groups excluding carboxylic acids is 1. The molecule has 1 amide bonds. The summed E-state index contributed by atoms with van der Waals surface area (Å²) in [6.45, 7) is 3.24. The molecule has 0 aliphatic heterocycles. The fraction of sp³-hybridized carbons (Fsp3) is 0.235. The summed E-state index contributed by atoms with van der Waals surface area (Å²) in [6.07, 6.45) is 1.11. The van der Waals surface area contributed by atoms with Crippen LogP contribution in [-0.4, -0.2) is 26.2 Å². The van der Waals surface area contributed by atoms with Crippen molar-refractivity contribution in [2.45, 2.75) is 24.3 Å². The molecule has 0 bridgehead atoms. The summed E-state index contributed by atoms with van der Waals surface area (Å²) in [7, 11) is -3.34. The maximum atomic E-state index is 12.5. The van der Waals surface area contributed by atoms with Gasteiger partial charge in [0, 0.05) is 17.0 Å². The van der Waals surface area contributed by atoms with Gasteiger partial charge in [-0.25, -0.2) is 8.42 Å². The fourth-order valence-electron chi connectivity index (χ4n) is 1.93. The third-order valence-corrected chi connectivity index (χ3v) is 4.62. The molecule has 0 aromatic heterocycles. The van der Waals surface area contributed by atoms with Gasteiger partial charge >= 0.3 is 0 Å². The second-order valence-electron chi connectivity index (χ2n) is 5.82. The van der Waals surface area contributed by atoms with E-state index in [4.69, 9.17) is 16.3 Å². The van der Waals surface area contributed by atoms with E-state index in [0.717, 1.165) is 6.26 Å². The molecule has 128 valence electrons. The van der Waals surface area contributed by atoms with Crippen LogP contribution in [0.5, 0.6) is 5.75 Å². The van der Waals surface area contributed by atoms with E-state index >= 15 is 0 Å². The van der Waals surface area contributed by atoms with Gasteiger partial charge in [-0.3, -0.25) is 4.79 Å². The van der Waals surface area contributed by atoms with Crippen LogP contribution in [0.2, 0.25) is 5.02 Å². The van der Waals surface area contributed by atoms with E-state index < -0.39 is 21.3 Å². The molecule has 0 heterocycles. The third-order valence-electron chi connectivity index (χ3n) is 3.25. The van der Waals surface area contributed by atoms with Gasteiger partial charge < -0.3 is 10.1 Å². The van der Waals surface area contributed by atoms with Crippen molar-refractivity contribution in [3.05, 3.63) is 53.6 Å². The summed E-state index contributed by atoms with van der Waals surface area (Å²) in [5, 5.41) is 3.24. The molecule has 0 spiro atoms. The Labute approximate surface area is 146 Å². The maximum absolute atomic E-state index is 12.5. The molecule has 0 saturated carbocycles. The summed E-state index contributed by atoms with van der Waals surface area (Å²) >= 11 is 5.82. The van der Waals surface area contributed by atoms with E-state index in [1.54, 1.807) is 50.2 Å². The minimum atomic E-state index is -3.34. The molecular formula is C17H18ClNO4S. The molecular weight excluding hydrogens is 350 g/mol. The van der Waals surface area contributed by atoms with Crippen molar-refractivity contribution in [1.29, 1.82) is 0 Å². The zero-order valence-electron chi connectivity index (χ0n) is 13.5. The molecule has 24 heavy (non-hydrogen) atoms. The van der Waals surface area contributed by atoms with Crippen molar-refractivity contribution in [3.63, 3.8) is 0 Å². The minimum absolute atomic E-state index is 0.136. The number of benzene rings is 2. The van der Waals surface area contributed by atoms with Gasteiger partial charge in [0.1, 0.15) is 5.75 Å². The number of rotatable bonds is 5. The van der Waals surface area contributed by atoms with E-state index in [2.05, 4.69) is 5.32 Å². The number of halogens is 1. The van der Waals surface area contributed by atoms with Crippen molar-refractivity contribution in [3.8, 4) is 5.75 Å². The Morgan fingerprint density at radius 2 is 1.75 bits per heavy atom. The van der Waals surface area contributed by atoms with Crippen molar-refractivity contribution in [2.24, 2.45) is 0 Å². The lowest BCUT2D eigenvalue weighted by molar-refractivity contribution is -0.128. The van der Waals surface area contributed by atoms with Gasteiger partial charge in [-0.2, -0.15) is 0 Å². The Morgan fingerprint density at radius 3 is 2.33 bits per heavy atom. The fourth-order valence-corrected chi connectivity index (χ4v) is 2.72. The number of hydrogen-bond donors (Lipinski definition) is 1. The highest BCUT2D eigenvalue weighted by atomic mass is 35.5. The number of ether oxygens (including phenoxy) is 1. The lowest BCUT2D eigenvalue weighted by Crippen LogP contribution is -2.42. The van der Waals surface area contributed by atoms with Crippen molar-refractivity contribution in [1.82, 2.24) is 0 Å². The van der Waals surface area contributed by atoms with Crippen LogP contribution in [0.25, 0.3) is 0 Å². The number of sulfone groups is 1. The first kappa shape index (κ1) is 18.3. The molecule has 2 aromatic carbocycles. The van der Waals surface area contributed by atoms with Gasteiger partial charge in [0.15, 0.2) is 15.4 Å². The molecule has 1 N–H and O–H groups in total. The average molecular weight is 368 g/mol.